The lowest BCUT2D eigenvalue weighted by Crippen LogP contribution is -2.39. The van der Waals surface area contributed by atoms with Crippen molar-refractivity contribution in [3.8, 4) is 11.5 Å². The van der Waals surface area contributed by atoms with E-state index in [9.17, 15) is 9.59 Å². The molecule has 0 N–H and O–H groups in total. The van der Waals surface area contributed by atoms with Crippen LogP contribution in [0.3, 0.4) is 0 Å². The Morgan fingerprint density at radius 3 is 2.50 bits per heavy atom. The number of carbonyl (C=O) groups excluding carboxylic acids is 1. The maximum absolute atomic E-state index is 14.1. The molecule has 0 unspecified atom stereocenters. The third-order valence-electron chi connectivity index (χ3n) is 7.10. The number of carbonyl (C=O) groups is 1. The van der Waals surface area contributed by atoms with Crippen LogP contribution in [0.25, 0.3) is 11.8 Å². The van der Waals surface area contributed by atoms with Crippen molar-refractivity contribution in [2.75, 3.05) is 13.7 Å². The molecule has 3 heterocycles. The summed E-state index contributed by atoms with van der Waals surface area (Å²) in [5, 5.41) is 3.08. The molecule has 0 spiro atoms. The van der Waals surface area contributed by atoms with Crippen LogP contribution >= 0.6 is 57.5 Å². The summed E-state index contributed by atoms with van der Waals surface area (Å²) in [5.41, 5.74) is 2.65. The highest BCUT2D eigenvalue weighted by Crippen LogP contribution is 2.39. The van der Waals surface area contributed by atoms with Crippen molar-refractivity contribution in [1.29, 1.82) is 0 Å². The summed E-state index contributed by atoms with van der Waals surface area (Å²) >= 11 is 21.5. The van der Waals surface area contributed by atoms with E-state index in [0.29, 0.717) is 52.7 Å². The van der Waals surface area contributed by atoms with Crippen molar-refractivity contribution in [2.24, 2.45) is 4.99 Å². The number of hydrogen-bond acceptors (Lipinski definition) is 8. The Morgan fingerprint density at radius 2 is 1.80 bits per heavy atom. The van der Waals surface area contributed by atoms with Gasteiger partial charge in [0.2, 0.25) is 0 Å². The first kappa shape index (κ1) is 32.1. The summed E-state index contributed by atoms with van der Waals surface area (Å²) in [4.78, 5) is 33.8. The highest BCUT2D eigenvalue weighted by Gasteiger charge is 2.35. The molecule has 3 aromatic carbocycles. The van der Waals surface area contributed by atoms with E-state index in [1.54, 1.807) is 41.8 Å². The first-order chi connectivity index (χ1) is 22.3. The molecular weight excluding hydrogens is 687 g/mol. The third kappa shape index (κ3) is 6.38. The standard InChI is InChI=1S/C34H25Cl3N2O5S2/c1-3-43-33(41)28-29(21-8-5-4-6-9-21)38-34-39(30(28)26-10-7-13-45-26)32(40)27(46-34)17-20-15-24(37)31(25(16-20)42-2)44-18-19-11-12-22(35)23(36)14-19/h4-17,30H,3,18H2,1-2H3/b27-17-/t30-/m0/s1. The molecule has 2 aromatic heterocycles. The maximum atomic E-state index is 14.1. The predicted octanol–water partition coefficient (Wildman–Crippen LogP) is 7.54. The van der Waals surface area contributed by atoms with E-state index >= 15 is 0 Å². The van der Waals surface area contributed by atoms with Crippen molar-refractivity contribution in [3.63, 3.8) is 0 Å². The van der Waals surface area contributed by atoms with Gasteiger partial charge >= 0.3 is 5.97 Å². The van der Waals surface area contributed by atoms with Gasteiger partial charge in [0, 0.05) is 10.4 Å². The summed E-state index contributed by atoms with van der Waals surface area (Å²) < 4.78 is 19.1. The Balaban J connectivity index is 1.45. The van der Waals surface area contributed by atoms with Crippen LogP contribution in [-0.2, 0) is 16.1 Å². The molecule has 0 saturated heterocycles. The number of hydrogen-bond donors (Lipinski definition) is 0. The molecule has 6 rings (SSSR count). The highest BCUT2D eigenvalue weighted by atomic mass is 35.5. The van der Waals surface area contributed by atoms with Gasteiger partial charge in [-0.2, -0.15) is 0 Å². The quantitative estimate of drug-likeness (QED) is 0.148. The molecule has 0 amide bonds. The number of thiazole rings is 1. The fourth-order valence-electron chi connectivity index (χ4n) is 5.06. The minimum Gasteiger partial charge on any atom is -0.493 e. The zero-order chi connectivity index (χ0) is 32.4. The van der Waals surface area contributed by atoms with Crippen molar-refractivity contribution >= 4 is 75.2 Å². The Kier molecular flexibility index (Phi) is 9.67. The molecule has 1 aliphatic heterocycles. The van der Waals surface area contributed by atoms with Gasteiger partial charge in [-0.25, -0.2) is 9.79 Å². The number of methoxy groups -OCH3 is 1. The Bertz CT molecular complexity index is 2140. The minimum atomic E-state index is -0.720. The first-order valence-corrected chi connectivity index (χ1v) is 16.9. The number of aromatic nitrogens is 1. The van der Waals surface area contributed by atoms with Crippen LogP contribution in [-0.4, -0.2) is 24.3 Å². The van der Waals surface area contributed by atoms with Crippen molar-refractivity contribution < 1.29 is 19.0 Å². The van der Waals surface area contributed by atoms with Gasteiger partial charge in [0.1, 0.15) is 12.6 Å². The largest absolute Gasteiger partial charge is 0.493 e. The van der Waals surface area contributed by atoms with Crippen molar-refractivity contribution in [2.45, 2.75) is 19.6 Å². The summed E-state index contributed by atoms with van der Waals surface area (Å²) in [6.45, 7) is 2.11. The molecule has 0 bridgehead atoms. The molecule has 7 nitrogen and oxygen atoms in total. The number of thiophene rings is 1. The molecule has 0 radical (unpaired) electrons. The molecule has 1 atom stereocenters. The summed E-state index contributed by atoms with van der Waals surface area (Å²) in [6.07, 6.45) is 1.72. The van der Waals surface area contributed by atoms with Gasteiger partial charge in [-0.1, -0.05) is 88.6 Å². The lowest BCUT2D eigenvalue weighted by molar-refractivity contribution is -0.138. The topological polar surface area (TPSA) is 79.1 Å². The van der Waals surface area contributed by atoms with E-state index in [-0.39, 0.29) is 18.8 Å². The second-order valence-electron chi connectivity index (χ2n) is 10.0. The Morgan fingerprint density at radius 1 is 1.00 bits per heavy atom. The second-order valence-corrected chi connectivity index (χ2v) is 13.2. The zero-order valence-corrected chi connectivity index (χ0v) is 28.4. The summed E-state index contributed by atoms with van der Waals surface area (Å²) in [5.74, 6) is 0.211. The highest BCUT2D eigenvalue weighted by molar-refractivity contribution is 7.10. The van der Waals surface area contributed by atoms with Gasteiger partial charge in [-0.05, 0) is 59.8 Å². The summed E-state index contributed by atoms with van der Waals surface area (Å²) in [7, 11) is 1.51. The lowest BCUT2D eigenvalue weighted by Gasteiger charge is -2.24. The fraction of sp³-hybridized carbons (Fsp3) is 0.147. The van der Waals surface area contributed by atoms with Gasteiger partial charge in [0.05, 0.1) is 44.6 Å². The Labute approximate surface area is 287 Å². The van der Waals surface area contributed by atoms with Crippen LogP contribution in [0.2, 0.25) is 15.1 Å². The molecule has 1 aliphatic rings. The van der Waals surface area contributed by atoms with E-state index in [1.807, 2.05) is 53.9 Å². The smallest absolute Gasteiger partial charge is 0.338 e. The molecule has 0 saturated carbocycles. The SMILES string of the molecule is CCOC(=O)C1=C(c2ccccc2)N=c2s/c(=C\c3cc(Cl)c(OCc4ccc(Cl)c(Cl)c4)c(OC)c3)c(=O)n2[C@H]1c1cccs1. The number of esters is 1. The van der Waals surface area contributed by atoms with E-state index in [2.05, 4.69) is 0 Å². The number of ether oxygens (including phenoxy) is 3. The van der Waals surface area contributed by atoms with Crippen LogP contribution < -0.4 is 24.4 Å². The van der Waals surface area contributed by atoms with Gasteiger partial charge < -0.3 is 14.2 Å². The van der Waals surface area contributed by atoms with Crippen LogP contribution in [0.1, 0.15) is 34.5 Å². The van der Waals surface area contributed by atoms with E-state index in [1.165, 1.54) is 29.8 Å². The van der Waals surface area contributed by atoms with Crippen LogP contribution in [0.5, 0.6) is 11.5 Å². The maximum Gasteiger partial charge on any atom is 0.338 e. The van der Waals surface area contributed by atoms with E-state index in [4.69, 9.17) is 54.0 Å². The molecule has 0 fully saturated rings. The van der Waals surface area contributed by atoms with Crippen LogP contribution in [0.4, 0.5) is 0 Å². The average molecular weight is 712 g/mol. The van der Waals surface area contributed by atoms with Crippen LogP contribution in [0, 0.1) is 0 Å². The van der Waals surface area contributed by atoms with Gasteiger partial charge in [-0.3, -0.25) is 9.36 Å². The third-order valence-corrected chi connectivity index (χ3v) is 10.0. The van der Waals surface area contributed by atoms with E-state index in [0.717, 1.165) is 16.0 Å². The number of fused-ring (bicyclic) bond motifs is 1. The molecule has 0 aliphatic carbocycles. The molecule has 12 heteroatoms. The number of rotatable bonds is 9. The lowest BCUT2D eigenvalue weighted by atomic mass is 9.97. The van der Waals surface area contributed by atoms with Gasteiger partial charge in [0.25, 0.3) is 5.56 Å². The summed E-state index contributed by atoms with van der Waals surface area (Å²) in [6, 6.07) is 21.2. The molecule has 46 heavy (non-hydrogen) atoms. The van der Waals surface area contributed by atoms with Crippen molar-refractivity contribution in [3.05, 3.63) is 140 Å². The van der Waals surface area contributed by atoms with Crippen LogP contribution in [0.15, 0.2) is 93.5 Å². The molecule has 234 valence electrons. The van der Waals surface area contributed by atoms with Gasteiger partial charge in [0.15, 0.2) is 16.3 Å². The minimum absolute atomic E-state index is 0.181. The monoisotopic (exact) mass is 710 g/mol. The average Bonchev–Trinajstić information content (AvgIpc) is 3.70. The first-order valence-electron chi connectivity index (χ1n) is 14.0. The fourth-order valence-corrected chi connectivity index (χ4v) is 7.47. The van der Waals surface area contributed by atoms with E-state index < -0.39 is 12.0 Å². The molecular formula is C34H25Cl3N2O5S2. The van der Waals surface area contributed by atoms with Gasteiger partial charge in [-0.15, -0.1) is 11.3 Å². The Hall–Kier alpha value is -3.86. The zero-order valence-electron chi connectivity index (χ0n) is 24.5. The number of halogens is 3. The van der Waals surface area contributed by atoms with Crippen molar-refractivity contribution in [1.82, 2.24) is 4.57 Å². The predicted molar refractivity (Wildman–Crippen MR) is 184 cm³/mol. The number of benzene rings is 3. The number of nitrogens with zero attached hydrogens (tertiary/aromatic N) is 2. The molecule has 5 aromatic rings. The normalized spacial score (nSPS) is 14.5. The second kappa shape index (κ2) is 13.9.